The molecule has 3 aromatic rings. The van der Waals surface area contributed by atoms with E-state index in [1.807, 2.05) is 36.4 Å². The number of rotatable bonds is 2. The minimum atomic E-state index is -0.0739. The van der Waals surface area contributed by atoms with Crippen LogP contribution in [0.4, 0.5) is 0 Å². The highest BCUT2D eigenvalue weighted by Crippen LogP contribution is 2.41. The van der Waals surface area contributed by atoms with E-state index in [4.69, 9.17) is 0 Å². The third kappa shape index (κ3) is 3.24. The molecule has 0 unspecified atom stereocenters. The van der Waals surface area contributed by atoms with E-state index in [2.05, 4.69) is 52.5 Å². The maximum atomic E-state index is 12.4. The van der Waals surface area contributed by atoms with Gasteiger partial charge in [0.1, 0.15) is 0 Å². The van der Waals surface area contributed by atoms with E-state index in [9.17, 15) is 10.1 Å². The predicted octanol–water partition coefficient (Wildman–Crippen LogP) is 6.17. The Hall–Kier alpha value is -2.64. The quantitative estimate of drug-likeness (QED) is 0.499. The van der Waals surface area contributed by atoms with Crippen molar-refractivity contribution in [3.05, 3.63) is 64.6 Å². The molecule has 0 bridgehead atoms. The first-order chi connectivity index (χ1) is 12.9. The van der Waals surface area contributed by atoms with Crippen molar-refractivity contribution in [1.29, 1.82) is 5.26 Å². The molecule has 4 heteroatoms. The molecule has 134 valence electrons. The van der Waals surface area contributed by atoms with Crippen LogP contribution in [0.5, 0.6) is 0 Å². The highest BCUT2D eigenvalue weighted by atomic mass is 79.9. The van der Waals surface area contributed by atoms with E-state index in [0.717, 1.165) is 38.8 Å². The number of hydrogen-bond donors (Lipinski definition) is 0. The van der Waals surface area contributed by atoms with Crippen molar-refractivity contribution in [2.45, 2.75) is 26.7 Å². The third-order valence-electron chi connectivity index (χ3n) is 5.01. The summed E-state index contributed by atoms with van der Waals surface area (Å²) in [4.78, 5) is 12.4. The fraction of sp³-hybridized carbons (Fsp3) is 0.217. The summed E-state index contributed by atoms with van der Waals surface area (Å²) in [6, 6.07) is 18.1. The van der Waals surface area contributed by atoms with Gasteiger partial charge in [0.25, 0.3) is 0 Å². The average Bonchev–Trinajstić information content (AvgIpc) is 2.98. The minimum Gasteiger partial charge on any atom is -0.313 e. The topological polar surface area (TPSA) is 45.8 Å². The highest BCUT2D eigenvalue weighted by Gasteiger charge is 2.30. The van der Waals surface area contributed by atoms with Crippen molar-refractivity contribution in [2.24, 2.45) is 5.41 Å². The van der Waals surface area contributed by atoms with Crippen LogP contribution < -0.4 is 0 Å². The van der Waals surface area contributed by atoms with Crippen LogP contribution in [0.1, 0.15) is 32.3 Å². The zero-order valence-electron chi connectivity index (χ0n) is 15.3. The van der Waals surface area contributed by atoms with Gasteiger partial charge in [0.05, 0.1) is 22.8 Å². The second-order valence-electron chi connectivity index (χ2n) is 7.85. The van der Waals surface area contributed by atoms with Crippen molar-refractivity contribution in [1.82, 2.24) is 4.57 Å². The molecular weight excluding hydrogens is 400 g/mol. The number of nitriles is 1. The molecule has 1 aliphatic carbocycles. The van der Waals surface area contributed by atoms with Gasteiger partial charge < -0.3 is 4.57 Å². The number of nitrogens with zero attached hydrogens (tertiary/aromatic N) is 2. The molecule has 27 heavy (non-hydrogen) atoms. The fourth-order valence-electron chi connectivity index (χ4n) is 3.92. The van der Waals surface area contributed by atoms with Gasteiger partial charge in [0.2, 0.25) is 0 Å². The Kier molecular flexibility index (Phi) is 4.28. The summed E-state index contributed by atoms with van der Waals surface area (Å²) < 4.78 is 3.17. The SMILES string of the molecule is CC1(C)CC(=O)C=C(n2c(-c3ccccc3Br)cc3cc(C#N)ccc32)C1. The van der Waals surface area contributed by atoms with Gasteiger partial charge >= 0.3 is 0 Å². The number of halogens is 1. The number of hydrogen-bond acceptors (Lipinski definition) is 2. The fourth-order valence-corrected chi connectivity index (χ4v) is 4.41. The monoisotopic (exact) mass is 418 g/mol. The van der Waals surface area contributed by atoms with Crippen LogP contribution in [0.2, 0.25) is 0 Å². The van der Waals surface area contributed by atoms with E-state index >= 15 is 0 Å². The largest absolute Gasteiger partial charge is 0.313 e. The molecule has 0 fully saturated rings. The van der Waals surface area contributed by atoms with Gasteiger partial charge in [-0.05, 0) is 42.2 Å². The van der Waals surface area contributed by atoms with Gasteiger partial charge in [-0.3, -0.25) is 4.79 Å². The second-order valence-corrected chi connectivity index (χ2v) is 8.70. The first-order valence-corrected chi connectivity index (χ1v) is 9.71. The lowest BCUT2D eigenvalue weighted by molar-refractivity contribution is -0.116. The average molecular weight is 419 g/mol. The molecule has 0 N–H and O–H groups in total. The van der Waals surface area contributed by atoms with Gasteiger partial charge in [-0.25, -0.2) is 0 Å². The van der Waals surface area contributed by atoms with E-state index in [0.29, 0.717) is 12.0 Å². The number of carbonyl (C=O) groups excluding carboxylic acids is 1. The lowest BCUT2D eigenvalue weighted by Crippen LogP contribution is -2.23. The molecule has 0 atom stereocenters. The van der Waals surface area contributed by atoms with Crippen molar-refractivity contribution >= 4 is 38.3 Å². The summed E-state index contributed by atoms with van der Waals surface area (Å²) >= 11 is 3.66. The zero-order chi connectivity index (χ0) is 19.2. The normalized spacial score (nSPS) is 16.2. The zero-order valence-corrected chi connectivity index (χ0v) is 16.9. The lowest BCUT2D eigenvalue weighted by atomic mass is 9.78. The Morgan fingerprint density at radius 1 is 1.11 bits per heavy atom. The van der Waals surface area contributed by atoms with Gasteiger partial charge in [-0.15, -0.1) is 0 Å². The van der Waals surface area contributed by atoms with Crippen LogP contribution in [0.25, 0.3) is 27.9 Å². The minimum absolute atomic E-state index is 0.0739. The predicted molar refractivity (Wildman–Crippen MR) is 112 cm³/mol. The van der Waals surface area contributed by atoms with Crippen LogP contribution in [-0.2, 0) is 4.79 Å². The molecule has 0 amide bonds. The second kappa shape index (κ2) is 6.51. The van der Waals surface area contributed by atoms with Crippen LogP contribution >= 0.6 is 15.9 Å². The summed E-state index contributed by atoms with van der Waals surface area (Å²) in [5.41, 5.74) is 4.65. The maximum Gasteiger partial charge on any atom is 0.157 e. The van der Waals surface area contributed by atoms with Crippen molar-refractivity contribution in [3.63, 3.8) is 0 Å². The Morgan fingerprint density at radius 3 is 2.59 bits per heavy atom. The molecular formula is C23H19BrN2O. The molecule has 1 aromatic heterocycles. The van der Waals surface area contributed by atoms with Crippen molar-refractivity contribution < 1.29 is 4.79 Å². The van der Waals surface area contributed by atoms with Gasteiger partial charge in [-0.2, -0.15) is 5.26 Å². The molecule has 0 radical (unpaired) electrons. The number of aromatic nitrogens is 1. The number of ketones is 1. The van der Waals surface area contributed by atoms with Crippen LogP contribution in [0, 0.1) is 16.7 Å². The van der Waals surface area contributed by atoms with E-state index < -0.39 is 0 Å². The molecule has 1 heterocycles. The van der Waals surface area contributed by atoms with Crippen LogP contribution in [0.15, 0.2) is 59.1 Å². The molecule has 0 spiro atoms. The maximum absolute atomic E-state index is 12.4. The molecule has 0 saturated carbocycles. The summed E-state index contributed by atoms with van der Waals surface area (Å²) in [7, 11) is 0. The van der Waals surface area contributed by atoms with E-state index in [-0.39, 0.29) is 11.2 Å². The highest BCUT2D eigenvalue weighted by molar-refractivity contribution is 9.10. The van der Waals surface area contributed by atoms with E-state index in [1.165, 1.54) is 0 Å². The number of carbonyl (C=O) groups is 1. The summed E-state index contributed by atoms with van der Waals surface area (Å²) in [6.45, 7) is 4.27. The van der Waals surface area contributed by atoms with Gasteiger partial charge in [0.15, 0.2) is 5.78 Å². The Labute approximate surface area is 167 Å². The van der Waals surface area contributed by atoms with Crippen molar-refractivity contribution in [2.75, 3.05) is 0 Å². The standard InChI is InChI=1S/C23H19BrN2O/c1-23(2)12-17(11-18(27)13-23)26-21-8-7-15(14-25)9-16(21)10-22(26)19-5-3-4-6-20(19)24/h3-11H,12-13H2,1-2H3. The Bertz CT molecular complexity index is 1140. The smallest absolute Gasteiger partial charge is 0.157 e. The van der Waals surface area contributed by atoms with E-state index in [1.54, 1.807) is 6.08 Å². The van der Waals surface area contributed by atoms with Gasteiger partial charge in [-0.1, -0.05) is 48.0 Å². The molecule has 2 aromatic carbocycles. The number of allylic oxidation sites excluding steroid dienone is 2. The molecule has 0 saturated heterocycles. The first-order valence-electron chi connectivity index (χ1n) is 8.92. The van der Waals surface area contributed by atoms with Gasteiger partial charge in [0, 0.05) is 33.6 Å². The molecule has 1 aliphatic rings. The number of benzene rings is 2. The Balaban J connectivity index is 2.03. The van der Waals surface area contributed by atoms with Crippen LogP contribution in [0.3, 0.4) is 0 Å². The molecule has 0 aliphatic heterocycles. The molecule has 3 nitrogen and oxygen atoms in total. The molecule has 4 rings (SSSR count). The lowest BCUT2D eigenvalue weighted by Gasteiger charge is -2.30. The van der Waals surface area contributed by atoms with Crippen LogP contribution in [-0.4, -0.2) is 10.4 Å². The summed E-state index contributed by atoms with van der Waals surface area (Å²) in [5, 5.41) is 10.3. The third-order valence-corrected chi connectivity index (χ3v) is 5.70. The number of fused-ring (bicyclic) bond motifs is 1. The Morgan fingerprint density at radius 2 is 1.89 bits per heavy atom. The first kappa shape index (κ1) is 17.8. The summed E-state index contributed by atoms with van der Waals surface area (Å²) in [5.74, 6) is 0.162. The summed E-state index contributed by atoms with van der Waals surface area (Å²) in [6.07, 6.45) is 3.17. The van der Waals surface area contributed by atoms with Crippen molar-refractivity contribution in [3.8, 4) is 17.3 Å².